The maximum atomic E-state index is 12.9. The quantitative estimate of drug-likeness (QED) is 0.846. The van der Waals surface area contributed by atoms with Crippen LogP contribution in [0.5, 0.6) is 5.75 Å². The van der Waals surface area contributed by atoms with Crippen LogP contribution in [0.25, 0.3) is 11.3 Å². The molecule has 0 aliphatic carbocycles. The molecule has 0 atom stereocenters. The highest BCUT2D eigenvalue weighted by atomic mass is 19.1. The van der Waals surface area contributed by atoms with Crippen molar-refractivity contribution in [1.29, 1.82) is 0 Å². The van der Waals surface area contributed by atoms with Gasteiger partial charge in [-0.1, -0.05) is 13.8 Å². The SMILES string of the molecule is CC(C)c1nc(-c2ccc(F)c(O)c2)co1. The summed E-state index contributed by atoms with van der Waals surface area (Å²) >= 11 is 0. The molecule has 0 saturated carbocycles. The molecule has 0 radical (unpaired) electrons. The highest BCUT2D eigenvalue weighted by Crippen LogP contribution is 2.26. The molecule has 1 aromatic heterocycles. The van der Waals surface area contributed by atoms with Crippen LogP contribution in [0.1, 0.15) is 25.7 Å². The van der Waals surface area contributed by atoms with Crippen LogP contribution >= 0.6 is 0 Å². The molecule has 0 unspecified atom stereocenters. The zero-order chi connectivity index (χ0) is 11.7. The first-order valence-electron chi connectivity index (χ1n) is 5.02. The maximum Gasteiger partial charge on any atom is 0.197 e. The van der Waals surface area contributed by atoms with Crippen molar-refractivity contribution >= 4 is 0 Å². The van der Waals surface area contributed by atoms with Crippen molar-refractivity contribution in [1.82, 2.24) is 4.98 Å². The molecule has 0 fully saturated rings. The summed E-state index contributed by atoms with van der Waals surface area (Å²) in [5.41, 5.74) is 1.23. The average molecular weight is 221 g/mol. The van der Waals surface area contributed by atoms with Gasteiger partial charge in [0.15, 0.2) is 17.5 Å². The van der Waals surface area contributed by atoms with E-state index in [4.69, 9.17) is 4.42 Å². The van der Waals surface area contributed by atoms with Crippen molar-refractivity contribution in [3.63, 3.8) is 0 Å². The number of phenols is 1. The number of hydrogen-bond donors (Lipinski definition) is 1. The Morgan fingerprint density at radius 3 is 2.69 bits per heavy atom. The third kappa shape index (κ3) is 1.91. The van der Waals surface area contributed by atoms with Gasteiger partial charge in [0.2, 0.25) is 0 Å². The molecule has 1 N–H and O–H groups in total. The molecule has 0 amide bonds. The smallest absolute Gasteiger partial charge is 0.197 e. The van der Waals surface area contributed by atoms with Gasteiger partial charge in [0, 0.05) is 11.5 Å². The highest BCUT2D eigenvalue weighted by molar-refractivity contribution is 5.60. The molecular weight excluding hydrogens is 209 g/mol. The molecule has 3 nitrogen and oxygen atoms in total. The van der Waals surface area contributed by atoms with E-state index in [1.807, 2.05) is 13.8 Å². The largest absolute Gasteiger partial charge is 0.505 e. The van der Waals surface area contributed by atoms with Gasteiger partial charge in [-0.05, 0) is 18.2 Å². The van der Waals surface area contributed by atoms with Crippen molar-refractivity contribution in [2.24, 2.45) is 0 Å². The first kappa shape index (κ1) is 10.7. The van der Waals surface area contributed by atoms with Gasteiger partial charge >= 0.3 is 0 Å². The first-order valence-corrected chi connectivity index (χ1v) is 5.02. The average Bonchev–Trinajstić information content (AvgIpc) is 2.71. The number of phenolic OH excluding ortho intramolecular Hbond substituents is 1. The number of aromatic hydroxyl groups is 1. The van der Waals surface area contributed by atoms with Gasteiger partial charge < -0.3 is 9.52 Å². The number of hydrogen-bond acceptors (Lipinski definition) is 3. The van der Waals surface area contributed by atoms with Gasteiger partial charge in [-0.3, -0.25) is 0 Å². The summed E-state index contributed by atoms with van der Waals surface area (Å²) in [4.78, 5) is 4.25. The van der Waals surface area contributed by atoms with E-state index in [9.17, 15) is 9.50 Å². The predicted molar refractivity (Wildman–Crippen MR) is 57.7 cm³/mol. The van der Waals surface area contributed by atoms with Gasteiger partial charge in [0.05, 0.1) is 0 Å². The Morgan fingerprint density at radius 2 is 2.12 bits per heavy atom. The van der Waals surface area contributed by atoms with Gasteiger partial charge in [-0.15, -0.1) is 0 Å². The zero-order valence-corrected chi connectivity index (χ0v) is 9.07. The minimum Gasteiger partial charge on any atom is -0.505 e. The normalized spacial score (nSPS) is 11.0. The van der Waals surface area contributed by atoms with Crippen molar-refractivity contribution in [3.05, 3.63) is 36.2 Å². The molecule has 2 aromatic rings. The molecule has 4 heteroatoms. The third-order valence-electron chi connectivity index (χ3n) is 2.26. The van der Waals surface area contributed by atoms with E-state index in [0.29, 0.717) is 17.1 Å². The molecule has 0 spiro atoms. The lowest BCUT2D eigenvalue weighted by molar-refractivity contribution is 0.432. The van der Waals surface area contributed by atoms with Crippen LogP contribution in [-0.4, -0.2) is 10.1 Å². The monoisotopic (exact) mass is 221 g/mol. The number of halogens is 1. The Bertz CT molecular complexity index is 505. The van der Waals surface area contributed by atoms with Crippen molar-refractivity contribution < 1.29 is 13.9 Å². The Kier molecular flexibility index (Phi) is 2.64. The lowest BCUT2D eigenvalue weighted by atomic mass is 10.1. The second kappa shape index (κ2) is 3.96. The van der Waals surface area contributed by atoms with Crippen LogP contribution in [0.2, 0.25) is 0 Å². The molecule has 0 aliphatic rings. The summed E-state index contributed by atoms with van der Waals surface area (Å²) in [6.07, 6.45) is 1.50. The summed E-state index contributed by atoms with van der Waals surface area (Å²) < 4.78 is 18.1. The summed E-state index contributed by atoms with van der Waals surface area (Å²) in [5.74, 6) is -0.204. The summed E-state index contributed by atoms with van der Waals surface area (Å²) in [6, 6.07) is 4.09. The fourth-order valence-electron chi connectivity index (χ4n) is 1.36. The van der Waals surface area contributed by atoms with Crippen LogP contribution in [0.15, 0.2) is 28.9 Å². The summed E-state index contributed by atoms with van der Waals surface area (Å²) in [7, 11) is 0. The predicted octanol–water partition coefficient (Wildman–Crippen LogP) is 3.31. The Labute approximate surface area is 92.6 Å². The van der Waals surface area contributed by atoms with Crippen molar-refractivity contribution in [3.8, 4) is 17.0 Å². The lowest BCUT2D eigenvalue weighted by Gasteiger charge is -1.98. The molecule has 0 aliphatic heterocycles. The van der Waals surface area contributed by atoms with Crippen LogP contribution in [0, 0.1) is 5.82 Å². The van der Waals surface area contributed by atoms with E-state index >= 15 is 0 Å². The van der Waals surface area contributed by atoms with Gasteiger partial charge in [-0.25, -0.2) is 9.37 Å². The standard InChI is InChI=1S/C12H12FNO2/c1-7(2)12-14-10(6-16-12)8-3-4-9(13)11(15)5-8/h3-7,15H,1-2H3. The van der Waals surface area contributed by atoms with E-state index in [-0.39, 0.29) is 11.7 Å². The number of oxazole rings is 1. The first-order chi connectivity index (χ1) is 7.58. The molecule has 16 heavy (non-hydrogen) atoms. The molecule has 84 valence electrons. The maximum absolute atomic E-state index is 12.9. The Morgan fingerprint density at radius 1 is 1.38 bits per heavy atom. The van der Waals surface area contributed by atoms with E-state index in [1.54, 1.807) is 6.07 Å². The van der Waals surface area contributed by atoms with Gasteiger partial charge in [0.25, 0.3) is 0 Å². The van der Waals surface area contributed by atoms with Crippen LogP contribution in [-0.2, 0) is 0 Å². The second-order valence-electron chi connectivity index (χ2n) is 3.89. The van der Waals surface area contributed by atoms with E-state index in [1.165, 1.54) is 18.4 Å². The second-order valence-corrected chi connectivity index (χ2v) is 3.89. The topological polar surface area (TPSA) is 46.3 Å². The molecule has 0 bridgehead atoms. The molecule has 0 saturated heterocycles. The molecule has 2 rings (SSSR count). The van der Waals surface area contributed by atoms with Crippen LogP contribution in [0.4, 0.5) is 4.39 Å². The Balaban J connectivity index is 2.39. The van der Waals surface area contributed by atoms with Crippen LogP contribution < -0.4 is 0 Å². The number of nitrogens with zero attached hydrogens (tertiary/aromatic N) is 1. The fraction of sp³-hybridized carbons (Fsp3) is 0.250. The number of rotatable bonds is 2. The fourth-order valence-corrected chi connectivity index (χ4v) is 1.36. The van der Waals surface area contributed by atoms with Gasteiger partial charge in [-0.2, -0.15) is 0 Å². The third-order valence-corrected chi connectivity index (χ3v) is 2.26. The molecule has 1 aromatic carbocycles. The molecular formula is C12H12FNO2. The van der Waals surface area contributed by atoms with E-state index in [2.05, 4.69) is 4.98 Å². The lowest BCUT2D eigenvalue weighted by Crippen LogP contribution is -1.87. The zero-order valence-electron chi connectivity index (χ0n) is 9.07. The van der Waals surface area contributed by atoms with Crippen molar-refractivity contribution in [2.75, 3.05) is 0 Å². The molecule has 1 heterocycles. The van der Waals surface area contributed by atoms with E-state index in [0.717, 1.165) is 0 Å². The number of benzene rings is 1. The number of aromatic nitrogens is 1. The van der Waals surface area contributed by atoms with Crippen molar-refractivity contribution in [2.45, 2.75) is 19.8 Å². The summed E-state index contributed by atoms with van der Waals surface area (Å²) in [5, 5.41) is 9.24. The minimum atomic E-state index is -0.642. The van der Waals surface area contributed by atoms with Gasteiger partial charge in [0.1, 0.15) is 12.0 Å². The highest BCUT2D eigenvalue weighted by Gasteiger charge is 2.10. The van der Waals surface area contributed by atoms with E-state index < -0.39 is 5.82 Å². The Hall–Kier alpha value is -1.84. The van der Waals surface area contributed by atoms with Crippen LogP contribution in [0.3, 0.4) is 0 Å². The summed E-state index contributed by atoms with van der Waals surface area (Å²) in [6.45, 7) is 3.94. The minimum absolute atomic E-state index is 0.197.